The maximum absolute atomic E-state index is 10.9. The summed E-state index contributed by atoms with van der Waals surface area (Å²) in [5.41, 5.74) is 5.18. The van der Waals surface area contributed by atoms with Gasteiger partial charge in [0, 0.05) is 23.7 Å². The van der Waals surface area contributed by atoms with Gasteiger partial charge >= 0.3 is 0 Å². The van der Waals surface area contributed by atoms with Crippen molar-refractivity contribution in [3.8, 4) is 0 Å². The molecule has 1 heterocycles. The van der Waals surface area contributed by atoms with Crippen molar-refractivity contribution in [2.24, 2.45) is 5.92 Å². The molecule has 0 bridgehead atoms. The fourth-order valence-electron chi connectivity index (χ4n) is 4.11. The third kappa shape index (κ3) is 2.72. The highest BCUT2D eigenvalue weighted by Crippen LogP contribution is 2.50. The van der Waals surface area contributed by atoms with Crippen molar-refractivity contribution in [2.45, 2.75) is 38.1 Å². The highest BCUT2D eigenvalue weighted by molar-refractivity contribution is 5.61. The summed E-state index contributed by atoms with van der Waals surface area (Å²) < 4.78 is 0. The summed E-state index contributed by atoms with van der Waals surface area (Å²) in [5, 5.41) is 14.6. The quantitative estimate of drug-likeness (QED) is 0.455. The van der Waals surface area contributed by atoms with Crippen molar-refractivity contribution in [1.82, 2.24) is 0 Å². The van der Waals surface area contributed by atoms with E-state index in [1.165, 1.54) is 16.8 Å². The first-order valence-corrected chi connectivity index (χ1v) is 8.86. The standard InChI is InChI=1S/C21H22N2O2/c1-13(2)15-8-11-20-19(12-15)17-4-3-5-18(17)21(22-20)14-6-9-16(10-7-14)23(24)25/h3-4,6-13,17-18,21-22H,5H2,1-2H3/t17-,18-,21+/m1/s1. The van der Waals surface area contributed by atoms with Gasteiger partial charge in [-0.3, -0.25) is 10.1 Å². The number of nitrogens with one attached hydrogen (secondary N) is 1. The van der Waals surface area contributed by atoms with Gasteiger partial charge in [0.15, 0.2) is 0 Å². The molecule has 4 heteroatoms. The number of anilines is 1. The van der Waals surface area contributed by atoms with E-state index in [1.807, 2.05) is 12.1 Å². The Balaban J connectivity index is 1.71. The van der Waals surface area contributed by atoms with Gasteiger partial charge in [-0.1, -0.05) is 50.3 Å². The minimum Gasteiger partial charge on any atom is -0.378 e. The van der Waals surface area contributed by atoms with Gasteiger partial charge in [-0.15, -0.1) is 0 Å². The summed E-state index contributed by atoms with van der Waals surface area (Å²) >= 11 is 0. The molecule has 1 aliphatic carbocycles. The van der Waals surface area contributed by atoms with E-state index in [9.17, 15) is 10.1 Å². The van der Waals surface area contributed by atoms with Crippen LogP contribution < -0.4 is 5.32 Å². The molecule has 2 aromatic rings. The number of rotatable bonds is 3. The Bertz CT molecular complexity index is 839. The molecule has 25 heavy (non-hydrogen) atoms. The summed E-state index contributed by atoms with van der Waals surface area (Å²) in [5.74, 6) is 1.38. The lowest BCUT2D eigenvalue weighted by Gasteiger charge is -2.38. The molecule has 0 amide bonds. The van der Waals surface area contributed by atoms with E-state index < -0.39 is 0 Å². The Morgan fingerprint density at radius 3 is 2.60 bits per heavy atom. The van der Waals surface area contributed by atoms with Gasteiger partial charge in [-0.25, -0.2) is 0 Å². The van der Waals surface area contributed by atoms with Crippen LogP contribution in [0.5, 0.6) is 0 Å². The SMILES string of the molecule is CC(C)c1ccc2c(c1)[C@@H]1C=CC[C@H]1[C@H](c1ccc([N+](=O)[O-])cc1)N2. The monoisotopic (exact) mass is 334 g/mol. The Kier molecular flexibility index (Phi) is 3.83. The highest BCUT2D eigenvalue weighted by Gasteiger charge is 2.38. The van der Waals surface area contributed by atoms with Crippen LogP contribution in [0.3, 0.4) is 0 Å². The van der Waals surface area contributed by atoms with Gasteiger partial charge in [0.05, 0.1) is 11.0 Å². The second kappa shape index (κ2) is 6.03. The molecule has 0 spiro atoms. The summed E-state index contributed by atoms with van der Waals surface area (Å²) in [6.07, 6.45) is 5.63. The number of nitro benzene ring substituents is 1. The van der Waals surface area contributed by atoms with Crippen LogP contribution in [-0.2, 0) is 0 Å². The van der Waals surface area contributed by atoms with E-state index in [0.717, 1.165) is 12.0 Å². The smallest absolute Gasteiger partial charge is 0.269 e. The summed E-state index contributed by atoms with van der Waals surface area (Å²) in [7, 11) is 0. The van der Waals surface area contributed by atoms with Crippen molar-refractivity contribution >= 4 is 11.4 Å². The molecule has 128 valence electrons. The summed E-state index contributed by atoms with van der Waals surface area (Å²) in [6, 6.07) is 13.9. The molecule has 0 radical (unpaired) electrons. The molecular weight excluding hydrogens is 312 g/mol. The maximum atomic E-state index is 10.9. The van der Waals surface area contributed by atoms with Crippen LogP contribution in [0, 0.1) is 16.0 Å². The van der Waals surface area contributed by atoms with Crippen molar-refractivity contribution in [3.63, 3.8) is 0 Å². The molecule has 2 aromatic carbocycles. The Labute approximate surface area is 147 Å². The molecule has 0 saturated heterocycles. The second-order valence-corrected chi connectivity index (χ2v) is 7.33. The number of nitrogens with zero attached hydrogens (tertiary/aromatic N) is 1. The lowest BCUT2D eigenvalue weighted by Crippen LogP contribution is -2.29. The lowest BCUT2D eigenvalue weighted by molar-refractivity contribution is -0.384. The van der Waals surface area contributed by atoms with Crippen LogP contribution in [0.1, 0.15) is 54.8 Å². The fraction of sp³-hybridized carbons (Fsp3) is 0.333. The minimum absolute atomic E-state index is 0.141. The largest absolute Gasteiger partial charge is 0.378 e. The lowest BCUT2D eigenvalue weighted by atomic mass is 9.76. The predicted octanol–water partition coefficient (Wildman–Crippen LogP) is 5.54. The topological polar surface area (TPSA) is 55.2 Å². The van der Waals surface area contributed by atoms with Crippen molar-refractivity contribution in [2.75, 3.05) is 5.32 Å². The van der Waals surface area contributed by atoms with Gasteiger partial charge in [0.25, 0.3) is 5.69 Å². The number of allylic oxidation sites excluding steroid dienone is 2. The molecule has 0 saturated carbocycles. The van der Waals surface area contributed by atoms with Crippen LogP contribution in [0.15, 0.2) is 54.6 Å². The molecule has 1 N–H and O–H groups in total. The first-order chi connectivity index (χ1) is 12.0. The van der Waals surface area contributed by atoms with Crippen LogP contribution in [0.25, 0.3) is 0 Å². The second-order valence-electron chi connectivity index (χ2n) is 7.33. The van der Waals surface area contributed by atoms with E-state index in [1.54, 1.807) is 12.1 Å². The van der Waals surface area contributed by atoms with E-state index in [-0.39, 0.29) is 16.7 Å². The fourth-order valence-corrected chi connectivity index (χ4v) is 4.11. The van der Waals surface area contributed by atoms with Gasteiger partial charge in [-0.2, -0.15) is 0 Å². The van der Waals surface area contributed by atoms with Crippen LogP contribution in [-0.4, -0.2) is 4.92 Å². The molecule has 3 atom stereocenters. The van der Waals surface area contributed by atoms with Crippen molar-refractivity contribution < 1.29 is 4.92 Å². The first-order valence-electron chi connectivity index (χ1n) is 8.86. The number of non-ortho nitro benzene ring substituents is 1. The Morgan fingerprint density at radius 1 is 1.16 bits per heavy atom. The predicted molar refractivity (Wildman–Crippen MR) is 100.0 cm³/mol. The van der Waals surface area contributed by atoms with Gasteiger partial charge < -0.3 is 5.32 Å². The Hall–Kier alpha value is -2.62. The zero-order chi connectivity index (χ0) is 17.6. The molecule has 0 aromatic heterocycles. The molecule has 4 nitrogen and oxygen atoms in total. The number of fused-ring (bicyclic) bond motifs is 3. The van der Waals surface area contributed by atoms with Crippen molar-refractivity contribution in [3.05, 3.63) is 81.4 Å². The molecule has 1 aliphatic heterocycles. The number of hydrogen-bond acceptors (Lipinski definition) is 3. The van der Waals surface area contributed by atoms with E-state index >= 15 is 0 Å². The molecule has 4 rings (SSSR count). The van der Waals surface area contributed by atoms with E-state index in [4.69, 9.17) is 0 Å². The maximum Gasteiger partial charge on any atom is 0.269 e. The minimum atomic E-state index is -0.346. The van der Waals surface area contributed by atoms with Gasteiger partial charge in [0.1, 0.15) is 0 Å². The third-order valence-electron chi connectivity index (χ3n) is 5.52. The highest BCUT2D eigenvalue weighted by atomic mass is 16.6. The third-order valence-corrected chi connectivity index (χ3v) is 5.52. The van der Waals surface area contributed by atoms with Gasteiger partial charge in [0.2, 0.25) is 0 Å². The molecule has 0 unspecified atom stereocenters. The number of benzene rings is 2. The Morgan fingerprint density at radius 2 is 1.92 bits per heavy atom. The number of hydrogen-bond donors (Lipinski definition) is 1. The average Bonchev–Trinajstić information content (AvgIpc) is 3.10. The van der Waals surface area contributed by atoms with E-state index in [2.05, 4.69) is 49.5 Å². The van der Waals surface area contributed by atoms with Crippen LogP contribution in [0.2, 0.25) is 0 Å². The number of nitro groups is 1. The normalized spacial score (nSPS) is 23.9. The summed E-state index contributed by atoms with van der Waals surface area (Å²) in [4.78, 5) is 10.6. The zero-order valence-electron chi connectivity index (χ0n) is 14.5. The molecular formula is C21H22N2O2. The molecule has 2 aliphatic rings. The van der Waals surface area contributed by atoms with Gasteiger partial charge in [-0.05, 0) is 41.0 Å². The molecule has 0 fully saturated rings. The first kappa shape index (κ1) is 15.9. The van der Waals surface area contributed by atoms with Crippen LogP contribution >= 0.6 is 0 Å². The zero-order valence-corrected chi connectivity index (χ0v) is 14.5. The average molecular weight is 334 g/mol. The van der Waals surface area contributed by atoms with Crippen molar-refractivity contribution in [1.29, 1.82) is 0 Å². The summed E-state index contributed by atoms with van der Waals surface area (Å²) in [6.45, 7) is 4.44. The van der Waals surface area contributed by atoms with E-state index in [0.29, 0.717) is 17.8 Å². The van der Waals surface area contributed by atoms with Crippen LogP contribution in [0.4, 0.5) is 11.4 Å².